The third-order valence-electron chi connectivity index (χ3n) is 5.81. The first-order valence-corrected chi connectivity index (χ1v) is 11.6. The Morgan fingerprint density at radius 1 is 1.16 bits per heavy atom. The van der Waals surface area contributed by atoms with Crippen molar-refractivity contribution in [3.8, 4) is 11.8 Å². The Hall–Kier alpha value is -3.30. The quantitative estimate of drug-likeness (QED) is 0.533. The van der Waals surface area contributed by atoms with E-state index in [4.69, 9.17) is 9.72 Å². The van der Waals surface area contributed by atoms with E-state index in [0.717, 1.165) is 47.4 Å². The number of benzene rings is 2. The number of methoxy groups -OCH3 is 1. The molecule has 1 aromatic heterocycles. The number of nitriles is 1. The lowest BCUT2D eigenvalue weighted by atomic mass is 9.98. The summed E-state index contributed by atoms with van der Waals surface area (Å²) in [7, 11) is 1.63. The first-order chi connectivity index (χ1) is 15.6. The molecule has 0 saturated carbocycles. The van der Waals surface area contributed by atoms with E-state index in [1.54, 1.807) is 7.11 Å². The topological polar surface area (TPSA) is 75.0 Å². The van der Waals surface area contributed by atoms with E-state index in [1.807, 2.05) is 61.5 Å². The van der Waals surface area contributed by atoms with Crippen molar-refractivity contribution in [2.45, 2.75) is 37.3 Å². The molecule has 0 radical (unpaired) electrons. The van der Waals surface area contributed by atoms with Gasteiger partial charge in [0.25, 0.3) is 0 Å². The molecule has 1 amide bonds. The predicted molar refractivity (Wildman–Crippen MR) is 126 cm³/mol. The average molecular weight is 444 g/mol. The van der Waals surface area contributed by atoms with Crippen molar-refractivity contribution in [1.82, 2.24) is 10.3 Å². The third-order valence-corrected chi connectivity index (χ3v) is 6.78. The zero-order valence-electron chi connectivity index (χ0n) is 18.2. The van der Waals surface area contributed by atoms with E-state index in [1.165, 1.54) is 17.3 Å². The number of carbonyl (C=O) groups excluding carboxylic acids is 1. The maximum atomic E-state index is 12.9. The summed E-state index contributed by atoms with van der Waals surface area (Å²) in [6.45, 7) is 1.99. The molecule has 4 rings (SSSR count). The van der Waals surface area contributed by atoms with Crippen LogP contribution in [-0.2, 0) is 17.6 Å². The molecule has 6 heteroatoms. The second kappa shape index (κ2) is 9.88. The standard InChI is InChI=1S/C26H25N3O2S/c1-17-21-9-6-10-23(21)28-26(22(17)15-27)32-16-24(30)29-25(18-7-4-3-5-8-18)19-11-13-20(31-2)14-12-19/h3-5,7-8,11-14,25H,6,9-10,16H2,1-2H3,(H,29,30). The highest BCUT2D eigenvalue weighted by Crippen LogP contribution is 2.32. The smallest absolute Gasteiger partial charge is 0.231 e. The monoisotopic (exact) mass is 443 g/mol. The number of hydrogen-bond acceptors (Lipinski definition) is 5. The van der Waals surface area contributed by atoms with Crippen LogP contribution < -0.4 is 10.1 Å². The Morgan fingerprint density at radius 2 is 1.88 bits per heavy atom. The molecule has 1 aliphatic rings. The zero-order chi connectivity index (χ0) is 22.5. The molecular formula is C26H25N3O2S. The van der Waals surface area contributed by atoms with Gasteiger partial charge < -0.3 is 10.1 Å². The number of fused-ring (bicyclic) bond motifs is 1. The van der Waals surface area contributed by atoms with Gasteiger partial charge in [-0.3, -0.25) is 4.79 Å². The number of aromatic nitrogens is 1. The Morgan fingerprint density at radius 3 is 2.56 bits per heavy atom. The molecule has 0 aliphatic heterocycles. The summed E-state index contributed by atoms with van der Waals surface area (Å²) in [5.41, 5.74) is 5.86. The first kappa shape index (κ1) is 21.9. The van der Waals surface area contributed by atoms with E-state index >= 15 is 0 Å². The van der Waals surface area contributed by atoms with E-state index in [0.29, 0.717) is 10.6 Å². The molecule has 1 heterocycles. The molecular weight excluding hydrogens is 418 g/mol. The van der Waals surface area contributed by atoms with Crippen molar-refractivity contribution in [3.05, 3.63) is 88.1 Å². The van der Waals surface area contributed by atoms with Crippen molar-refractivity contribution in [2.24, 2.45) is 0 Å². The number of amides is 1. The fourth-order valence-electron chi connectivity index (χ4n) is 4.12. The minimum atomic E-state index is -0.277. The maximum absolute atomic E-state index is 12.9. The fourth-order valence-corrected chi connectivity index (χ4v) is 4.99. The lowest BCUT2D eigenvalue weighted by Gasteiger charge is -2.20. The van der Waals surface area contributed by atoms with Crippen molar-refractivity contribution in [1.29, 1.82) is 5.26 Å². The van der Waals surface area contributed by atoms with E-state index in [-0.39, 0.29) is 17.7 Å². The Kier molecular flexibility index (Phi) is 6.77. The fraction of sp³-hybridized carbons (Fsp3) is 0.269. The lowest BCUT2D eigenvalue weighted by Crippen LogP contribution is -2.30. The Balaban J connectivity index is 1.52. The largest absolute Gasteiger partial charge is 0.497 e. The molecule has 1 N–H and O–H groups in total. The molecule has 3 aromatic rings. The van der Waals surface area contributed by atoms with Crippen LogP contribution in [0.5, 0.6) is 5.75 Å². The number of pyridine rings is 1. The molecule has 2 aromatic carbocycles. The highest BCUT2D eigenvalue weighted by atomic mass is 32.2. The minimum absolute atomic E-state index is 0.108. The number of thioether (sulfide) groups is 1. The van der Waals surface area contributed by atoms with Gasteiger partial charge in [0, 0.05) is 5.69 Å². The number of ether oxygens (including phenoxy) is 1. The molecule has 1 unspecified atom stereocenters. The second-order valence-corrected chi connectivity index (χ2v) is 8.74. The van der Waals surface area contributed by atoms with Crippen molar-refractivity contribution < 1.29 is 9.53 Å². The normalized spacial score (nSPS) is 13.2. The van der Waals surface area contributed by atoms with Gasteiger partial charge in [-0.15, -0.1) is 0 Å². The highest BCUT2D eigenvalue weighted by Gasteiger charge is 2.22. The predicted octanol–water partition coefficient (Wildman–Crippen LogP) is 4.76. The van der Waals surface area contributed by atoms with Crippen LogP contribution in [0.15, 0.2) is 59.6 Å². The summed E-state index contributed by atoms with van der Waals surface area (Å²) in [4.78, 5) is 17.7. The van der Waals surface area contributed by atoms with E-state index in [9.17, 15) is 10.1 Å². The van der Waals surface area contributed by atoms with Crippen LogP contribution in [0.4, 0.5) is 0 Å². The maximum Gasteiger partial charge on any atom is 0.231 e. The van der Waals surface area contributed by atoms with Gasteiger partial charge in [0.15, 0.2) is 0 Å². The van der Waals surface area contributed by atoms with Gasteiger partial charge in [-0.05, 0) is 60.6 Å². The van der Waals surface area contributed by atoms with Crippen LogP contribution in [-0.4, -0.2) is 23.8 Å². The lowest BCUT2D eigenvalue weighted by molar-refractivity contribution is -0.119. The minimum Gasteiger partial charge on any atom is -0.497 e. The van der Waals surface area contributed by atoms with Gasteiger partial charge in [-0.1, -0.05) is 54.2 Å². The van der Waals surface area contributed by atoms with Gasteiger partial charge in [0.1, 0.15) is 16.8 Å². The summed E-state index contributed by atoms with van der Waals surface area (Å²) in [6, 6.07) is 19.6. The van der Waals surface area contributed by atoms with Gasteiger partial charge in [-0.2, -0.15) is 5.26 Å². The van der Waals surface area contributed by atoms with Crippen LogP contribution in [0.25, 0.3) is 0 Å². The summed E-state index contributed by atoms with van der Waals surface area (Å²) >= 11 is 1.33. The van der Waals surface area contributed by atoms with Gasteiger partial charge in [0.05, 0.1) is 24.5 Å². The van der Waals surface area contributed by atoms with Gasteiger partial charge in [-0.25, -0.2) is 4.98 Å². The number of aryl methyl sites for hydroxylation is 1. The first-order valence-electron chi connectivity index (χ1n) is 10.6. The molecule has 0 saturated heterocycles. The third kappa shape index (κ3) is 4.63. The van der Waals surface area contributed by atoms with Gasteiger partial charge >= 0.3 is 0 Å². The van der Waals surface area contributed by atoms with Crippen LogP contribution in [0.2, 0.25) is 0 Å². The van der Waals surface area contributed by atoms with Crippen molar-refractivity contribution >= 4 is 17.7 Å². The molecule has 32 heavy (non-hydrogen) atoms. The molecule has 5 nitrogen and oxygen atoms in total. The Labute approximate surface area is 192 Å². The van der Waals surface area contributed by atoms with Crippen LogP contribution >= 0.6 is 11.8 Å². The van der Waals surface area contributed by atoms with Crippen molar-refractivity contribution in [3.63, 3.8) is 0 Å². The SMILES string of the molecule is COc1ccc(C(NC(=O)CSc2nc3c(c(C)c2C#N)CCC3)c2ccccc2)cc1. The average Bonchev–Trinajstić information content (AvgIpc) is 3.31. The Bertz CT molecular complexity index is 1150. The van der Waals surface area contributed by atoms with Crippen LogP contribution in [0.3, 0.4) is 0 Å². The number of carbonyl (C=O) groups is 1. The summed E-state index contributed by atoms with van der Waals surface area (Å²) in [5.74, 6) is 0.854. The molecule has 0 fully saturated rings. The van der Waals surface area contributed by atoms with Crippen LogP contribution in [0, 0.1) is 18.3 Å². The van der Waals surface area contributed by atoms with Crippen LogP contribution in [0.1, 0.15) is 46.0 Å². The van der Waals surface area contributed by atoms with Gasteiger partial charge in [0.2, 0.25) is 5.91 Å². The molecule has 1 aliphatic carbocycles. The van der Waals surface area contributed by atoms with Crippen molar-refractivity contribution in [2.75, 3.05) is 12.9 Å². The second-order valence-electron chi connectivity index (χ2n) is 7.78. The number of hydrogen-bond donors (Lipinski definition) is 1. The molecule has 0 bridgehead atoms. The molecule has 0 spiro atoms. The number of rotatable bonds is 7. The summed E-state index contributed by atoms with van der Waals surface area (Å²) in [5, 5.41) is 13.5. The zero-order valence-corrected chi connectivity index (χ0v) is 19.0. The van der Waals surface area contributed by atoms with E-state index < -0.39 is 0 Å². The molecule has 1 atom stereocenters. The summed E-state index contributed by atoms with van der Waals surface area (Å²) < 4.78 is 5.26. The number of nitrogens with one attached hydrogen (secondary N) is 1. The number of nitrogens with zero attached hydrogens (tertiary/aromatic N) is 2. The summed E-state index contributed by atoms with van der Waals surface area (Å²) in [6.07, 6.45) is 2.99. The van der Waals surface area contributed by atoms with E-state index in [2.05, 4.69) is 11.4 Å². The highest BCUT2D eigenvalue weighted by molar-refractivity contribution is 8.00. The molecule has 162 valence electrons.